The summed E-state index contributed by atoms with van der Waals surface area (Å²) in [6.45, 7) is 12.3. The third-order valence-electron chi connectivity index (χ3n) is 5.22. The maximum atomic E-state index is 13.5. The van der Waals surface area contributed by atoms with Crippen LogP contribution in [0.5, 0.6) is 5.88 Å². The molecule has 0 aliphatic carbocycles. The fourth-order valence-electron chi connectivity index (χ4n) is 3.85. The molecule has 31 heavy (non-hydrogen) atoms. The van der Waals surface area contributed by atoms with Gasteiger partial charge in [0.15, 0.2) is 5.78 Å². The van der Waals surface area contributed by atoms with Crippen LogP contribution in [-0.2, 0) is 22.1 Å². The van der Waals surface area contributed by atoms with Gasteiger partial charge >= 0.3 is 10.1 Å². The number of rotatable bonds is 7. The number of hydrogen-bond acceptors (Lipinski definition) is 8. The van der Waals surface area contributed by atoms with Gasteiger partial charge in [0.05, 0.1) is 11.9 Å². The highest BCUT2D eigenvalue weighted by molar-refractivity contribution is 7.99. The summed E-state index contributed by atoms with van der Waals surface area (Å²) in [6, 6.07) is 1.90. The van der Waals surface area contributed by atoms with Gasteiger partial charge in [-0.15, -0.1) is 11.8 Å². The number of thioether (sulfide) groups is 1. The van der Waals surface area contributed by atoms with Gasteiger partial charge in [-0.3, -0.25) is 4.79 Å². The molecule has 0 bridgehead atoms. The lowest BCUT2D eigenvalue weighted by Gasteiger charge is -2.22. The normalized spacial score (nSPS) is 14.5. The first-order chi connectivity index (χ1) is 14.5. The number of nitrogens with zero attached hydrogens (tertiary/aromatic N) is 2. The number of hydrogen-bond donors (Lipinski definition) is 0. The smallest absolute Gasteiger partial charge is 0.310 e. The molecule has 0 fully saturated rings. The van der Waals surface area contributed by atoms with Crippen molar-refractivity contribution in [1.82, 2.24) is 9.78 Å². The van der Waals surface area contributed by atoms with Gasteiger partial charge < -0.3 is 4.18 Å². The van der Waals surface area contributed by atoms with E-state index in [0.29, 0.717) is 18.5 Å². The van der Waals surface area contributed by atoms with Gasteiger partial charge in [-0.2, -0.15) is 13.5 Å². The topological polar surface area (TPSA) is 112 Å². The average Bonchev–Trinajstić information content (AvgIpc) is 3.25. The van der Waals surface area contributed by atoms with Crippen molar-refractivity contribution < 1.29 is 17.4 Å². The molecule has 170 valence electrons. The molecule has 0 amide bonds. The molecule has 0 spiro atoms. The minimum atomic E-state index is -3.79. The van der Waals surface area contributed by atoms with Gasteiger partial charge in [0.2, 0.25) is 5.88 Å². The summed E-state index contributed by atoms with van der Waals surface area (Å²) in [7, 11) is -3.79. The van der Waals surface area contributed by atoms with Crippen molar-refractivity contribution in [1.29, 1.82) is 0 Å². The second-order valence-corrected chi connectivity index (χ2v) is 10.8. The van der Waals surface area contributed by atoms with Crippen LogP contribution in [0.15, 0.2) is 17.2 Å². The molecule has 2 aromatic rings. The summed E-state index contributed by atoms with van der Waals surface area (Å²) in [5, 5.41) is 4.18. The number of ketones is 1. The van der Waals surface area contributed by atoms with Crippen LogP contribution in [0.4, 0.5) is 0 Å². The van der Waals surface area contributed by atoms with Crippen molar-refractivity contribution >= 4 is 27.7 Å². The third kappa shape index (κ3) is 4.85. The van der Waals surface area contributed by atoms with E-state index in [0.717, 1.165) is 16.9 Å². The van der Waals surface area contributed by atoms with Crippen LogP contribution < -0.4 is 4.18 Å². The van der Waals surface area contributed by atoms with E-state index < -0.39 is 10.1 Å². The molecule has 0 unspecified atom stereocenters. The predicted molar refractivity (Wildman–Crippen MR) is 122 cm³/mol. The van der Waals surface area contributed by atoms with Crippen LogP contribution in [0, 0.1) is 23.8 Å². The van der Waals surface area contributed by atoms with E-state index >= 15 is 0 Å². The third-order valence-corrected chi connectivity index (χ3v) is 8.22. The molecule has 0 N–H and O–H groups in total. The molecule has 1 aliphatic heterocycles. The molecule has 0 saturated heterocycles. The zero-order valence-corrected chi connectivity index (χ0v) is 20.3. The number of carbonyl (C=O) groups is 1. The Labute approximate surface area is 187 Å². The zero-order valence-electron chi connectivity index (χ0n) is 18.6. The van der Waals surface area contributed by atoms with Crippen molar-refractivity contribution in [2.24, 2.45) is 0 Å². The van der Waals surface area contributed by atoms with Gasteiger partial charge in [-0.05, 0) is 49.9 Å². The van der Waals surface area contributed by atoms with E-state index in [4.69, 9.17) is 14.1 Å². The highest BCUT2D eigenvalue weighted by atomic mass is 32.2. The SMILES string of the molecule is CCCS(=O)(=O)Oc1c(C(=O)c2cc(C)c3c(c2C)C(C)(C)CS3)cnn1CC.O=O. The van der Waals surface area contributed by atoms with Crippen molar-refractivity contribution in [3.63, 3.8) is 0 Å². The van der Waals surface area contributed by atoms with E-state index in [1.165, 1.54) is 21.3 Å². The molecule has 0 radical (unpaired) electrons. The first kappa shape index (κ1) is 25.1. The molecule has 0 saturated carbocycles. The van der Waals surface area contributed by atoms with Gasteiger partial charge in [-0.1, -0.05) is 20.8 Å². The Morgan fingerprint density at radius 3 is 2.45 bits per heavy atom. The molecule has 0 atom stereocenters. The minimum absolute atomic E-state index is 0.00265. The lowest BCUT2D eigenvalue weighted by Crippen LogP contribution is -2.20. The highest BCUT2D eigenvalue weighted by Gasteiger charge is 2.36. The Morgan fingerprint density at radius 2 is 1.87 bits per heavy atom. The fourth-order valence-corrected chi connectivity index (χ4v) is 6.36. The Bertz CT molecular complexity index is 1090. The first-order valence-corrected chi connectivity index (χ1v) is 12.6. The molecule has 10 heteroatoms. The van der Waals surface area contributed by atoms with Crippen molar-refractivity contribution in [2.75, 3.05) is 11.5 Å². The van der Waals surface area contributed by atoms with E-state index in [-0.39, 0.29) is 28.4 Å². The summed E-state index contributed by atoms with van der Waals surface area (Å²) in [6.07, 6.45) is 1.84. The van der Waals surface area contributed by atoms with Gasteiger partial charge in [0.25, 0.3) is 0 Å². The van der Waals surface area contributed by atoms with Crippen molar-refractivity contribution in [3.05, 3.63) is 50.0 Å². The van der Waals surface area contributed by atoms with Gasteiger partial charge in [0.1, 0.15) is 5.56 Å². The van der Waals surface area contributed by atoms with E-state index in [2.05, 4.69) is 18.9 Å². The quantitative estimate of drug-likeness (QED) is 0.436. The van der Waals surface area contributed by atoms with Crippen molar-refractivity contribution in [2.45, 2.75) is 64.8 Å². The van der Waals surface area contributed by atoms with E-state index in [1.54, 1.807) is 6.92 Å². The number of aryl methyl sites for hydroxylation is 2. The molecule has 1 aromatic carbocycles. The van der Waals surface area contributed by atoms with Crippen molar-refractivity contribution in [3.8, 4) is 5.88 Å². The molecular weight excluding hydrogens is 440 g/mol. The monoisotopic (exact) mass is 468 g/mol. The zero-order chi connectivity index (χ0) is 23.6. The van der Waals surface area contributed by atoms with E-state index in [1.807, 2.05) is 38.6 Å². The molecule has 1 aliphatic rings. The average molecular weight is 469 g/mol. The second kappa shape index (κ2) is 9.52. The number of aromatic nitrogens is 2. The fraction of sp³-hybridized carbons (Fsp3) is 0.524. The maximum absolute atomic E-state index is 13.5. The van der Waals surface area contributed by atoms with Crippen LogP contribution in [0.3, 0.4) is 0 Å². The molecule has 1 aromatic heterocycles. The largest absolute Gasteiger partial charge is 0.361 e. The summed E-state index contributed by atoms with van der Waals surface area (Å²) in [5.74, 6) is 0.594. The first-order valence-electron chi connectivity index (χ1n) is 9.99. The Morgan fingerprint density at radius 1 is 1.23 bits per heavy atom. The maximum Gasteiger partial charge on any atom is 0.310 e. The highest BCUT2D eigenvalue weighted by Crippen LogP contribution is 2.48. The van der Waals surface area contributed by atoms with Crippen LogP contribution >= 0.6 is 11.8 Å². The summed E-state index contributed by atoms with van der Waals surface area (Å²) in [5.41, 5.74) is 3.94. The van der Waals surface area contributed by atoms with Crippen LogP contribution in [-0.4, -0.2) is 35.5 Å². The molecular formula is C21H28N2O6S2. The summed E-state index contributed by atoms with van der Waals surface area (Å²) in [4.78, 5) is 28.7. The van der Waals surface area contributed by atoms with Crippen LogP contribution in [0.1, 0.15) is 66.7 Å². The molecule has 8 nitrogen and oxygen atoms in total. The Balaban J connectivity index is 0.00000166. The Kier molecular flexibility index (Phi) is 7.70. The number of carbonyl (C=O) groups excluding carboxylic acids is 1. The lowest BCUT2D eigenvalue weighted by atomic mass is 9.80. The van der Waals surface area contributed by atoms with Crippen LogP contribution in [0.2, 0.25) is 0 Å². The Hall–Kier alpha value is -2.20. The van der Waals surface area contributed by atoms with Gasteiger partial charge in [0, 0.05) is 38.1 Å². The standard InChI is InChI=1S/C21H28N2O4S2.O2/c1-7-9-29(25,26)27-20-16(11-22-23(20)8-2)18(24)15-10-13(3)19-17(14(15)4)21(5,6)12-28-19;1-2/h10-11H,7-9,12H2,1-6H3;. The number of fused-ring (bicyclic) bond motifs is 1. The summed E-state index contributed by atoms with van der Waals surface area (Å²) >= 11 is 1.82. The summed E-state index contributed by atoms with van der Waals surface area (Å²) < 4.78 is 31.3. The van der Waals surface area contributed by atoms with Gasteiger partial charge in [-0.25, -0.2) is 4.68 Å². The lowest BCUT2D eigenvalue weighted by molar-refractivity contribution is 0.103. The van der Waals surface area contributed by atoms with Crippen LogP contribution in [0.25, 0.3) is 0 Å². The predicted octanol–water partition coefficient (Wildman–Crippen LogP) is 4.32. The van der Waals surface area contributed by atoms with E-state index in [9.17, 15) is 13.2 Å². The number of benzene rings is 1. The molecule has 2 heterocycles. The second-order valence-electron chi connectivity index (χ2n) is 8.10. The minimum Gasteiger partial charge on any atom is -0.361 e. The molecule has 3 rings (SSSR count).